The van der Waals surface area contributed by atoms with Crippen molar-refractivity contribution in [2.45, 2.75) is 0 Å². The summed E-state index contributed by atoms with van der Waals surface area (Å²) in [4.78, 5) is 0. The Bertz CT molecular complexity index is 8.00. The van der Waals surface area contributed by atoms with Gasteiger partial charge in [0.2, 0.25) is 10.1 Å². The Labute approximate surface area is 49.8 Å². The van der Waals surface area contributed by atoms with Gasteiger partial charge >= 0.3 is 35.5 Å². The van der Waals surface area contributed by atoms with E-state index in [2.05, 4.69) is 0 Å². The van der Waals surface area contributed by atoms with Crippen molar-refractivity contribution in [2.24, 2.45) is 0 Å². The van der Waals surface area contributed by atoms with E-state index in [1.54, 1.807) is 0 Å². The fraction of sp³-hybridized carbons (Fsp3) is 0. The predicted octanol–water partition coefficient (Wildman–Crippen LogP) is -1.15. The van der Waals surface area contributed by atoms with Crippen LogP contribution < -0.4 is 0 Å². The third kappa shape index (κ3) is 11.9. The number of hydrogen-bond acceptors (Lipinski definition) is 2. The number of hydrogen-bond donors (Lipinski definition) is 0. The molecule has 0 N–H and O–H groups in total. The molecule has 2 nitrogen and oxygen atoms in total. The van der Waals surface area contributed by atoms with E-state index in [1.165, 1.54) is 0 Å². The molecule has 4 heavy (non-hydrogen) atoms. The molecule has 0 amide bonds. The van der Waals surface area contributed by atoms with E-state index in [9.17, 15) is 0 Å². The molecule has 0 fully saturated rings. The van der Waals surface area contributed by atoms with Gasteiger partial charge in [-0.15, -0.1) is 0 Å². The van der Waals surface area contributed by atoms with Crippen LogP contribution in [0, 0.1) is 33.8 Å². The van der Waals surface area contributed by atoms with E-state index in [4.69, 9.17) is 6.16 Å². The van der Waals surface area contributed by atoms with Gasteiger partial charge in [0.25, 0.3) is 0 Å². The van der Waals surface area contributed by atoms with Crippen LogP contribution in [0.25, 0.3) is 0 Å². The summed E-state index contributed by atoms with van der Waals surface area (Å²) in [7, 11) is 0.611. The molecular formula is H2LaO2Si. The van der Waals surface area contributed by atoms with E-state index in [0.717, 1.165) is 0 Å². The van der Waals surface area contributed by atoms with E-state index in [0.29, 0.717) is 10.1 Å². The molecule has 0 unspecified atom stereocenters. The minimum atomic E-state index is -0.0833. The zero-order valence-corrected chi connectivity index (χ0v) is 7.14. The second-order valence-electron chi connectivity index (χ2n) is 0. The van der Waals surface area contributed by atoms with E-state index in [1.807, 2.05) is 0 Å². The molecule has 0 spiro atoms. The summed E-state index contributed by atoms with van der Waals surface area (Å²) in [6.07, 6.45) is 0. The zero-order valence-electron chi connectivity index (χ0n) is 2.10. The van der Waals surface area contributed by atoms with Crippen molar-refractivity contribution in [1.82, 2.24) is 0 Å². The van der Waals surface area contributed by atoms with Gasteiger partial charge in [-0.1, -0.05) is 0 Å². The SMILES string of the molecule is O=[SiH2].[O]=[La]. The van der Waals surface area contributed by atoms with Gasteiger partial charge in [-0.3, -0.25) is 0 Å². The monoisotopic (exact) mass is 201 g/mol. The van der Waals surface area contributed by atoms with Gasteiger partial charge in [0.1, 0.15) is 0 Å². The topological polar surface area (TPSA) is 34.1 Å². The molecule has 0 aliphatic rings. The Morgan fingerprint density at radius 3 is 1.25 bits per heavy atom. The average Bonchev–Trinajstić information content (AvgIpc) is 1.50. The van der Waals surface area contributed by atoms with Crippen LogP contribution in [0.15, 0.2) is 0 Å². The van der Waals surface area contributed by atoms with Crippen LogP contribution in [0.3, 0.4) is 0 Å². The van der Waals surface area contributed by atoms with Crippen molar-refractivity contribution in [2.75, 3.05) is 0 Å². The van der Waals surface area contributed by atoms with Crippen LogP contribution in [0.5, 0.6) is 0 Å². The fourth-order valence-electron chi connectivity index (χ4n) is 0. The maximum atomic E-state index is 8.42. The molecule has 0 saturated heterocycles. The molecule has 21 valence electrons. The molecule has 4 heteroatoms. The van der Waals surface area contributed by atoms with Crippen molar-refractivity contribution in [1.29, 1.82) is 0 Å². The van der Waals surface area contributed by atoms with Crippen LogP contribution in [0.4, 0.5) is 0 Å². The van der Waals surface area contributed by atoms with Crippen molar-refractivity contribution in [3.8, 4) is 0 Å². The first-order chi connectivity index (χ1) is 2.00. The Hall–Kier alpha value is 1.01. The quantitative estimate of drug-likeness (QED) is 0.463. The Kier molecular flexibility index (Phi) is 79.0. The standard InChI is InChI=1S/La.H2OSi.O/c;1-2;/h;2H2;. The second kappa shape index (κ2) is 35.6. The van der Waals surface area contributed by atoms with Crippen molar-refractivity contribution < 1.29 is 40.0 Å². The van der Waals surface area contributed by atoms with Crippen LogP contribution in [0.1, 0.15) is 0 Å². The normalized spacial score (nSPS) is 2.50. The molecule has 0 aromatic rings. The summed E-state index contributed by atoms with van der Waals surface area (Å²) in [5.74, 6) is 0. The minimum absolute atomic E-state index is 0.0833. The molecule has 0 aromatic carbocycles. The molecular weight excluding hydrogens is 199 g/mol. The first-order valence-corrected chi connectivity index (χ1v) is 2.58. The summed E-state index contributed by atoms with van der Waals surface area (Å²) in [5, 5.41) is 0. The summed E-state index contributed by atoms with van der Waals surface area (Å²) < 4.78 is 16.7. The summed E-state index contributed by atoms with van der Waals surface area (Å²) in [5.41, 5.74) is 0. The van der Waals surface area contributed by atoms with E-state index < -0.39 is 0 Å². The maximum absolute atomic E-state index is 8.42. The third-order valence-corrected chi connectivity index (χ3v) is 0. The molecule has 0 aromatic heterocycles. The van der Waals surface area contributed by atoms with Gasteiger partial charge < -0.3 is 4.46 Å². The molecule has 0 heterocycles. The Morgan fingerprint density at radius 2 is 1.25 bits per heavy atom. The van der Waals surface area contributed by atoms with Gasteiger partial charge in [0.05, 0.1) is 0 Å². The molecule has 0 saturated carbocycles. The molecule has 0 atom stereocenters. The van der Waals surface area contributed by atoms with Gasteiger partial charge in [-0.25, -0.2) is 0 Å². The summed E-state index contributed by atoms with van der Waals surface area (Å²) in [6, 6.07) is 0. The van der Waals surface area contributed by atoms with Gasteiger partial charge in [-0.05, 0) is 0 Å². The first kappa shape index (κ1) is 8.89. The van der Waals surface area contributed by atoms with E-state index >= 15 is 0 Å². The Balaban J connectivity index is 0. The number of rotatable bonds is 0. The Morgan fingerprint density at radius 1 is 1.25 bits per heavy atom. The van der Waals surface area contributed by atoms with Crippen LogP contribution in [-0.2, 0) is 6.16 Å². The molecule has 0 bridgehead atoms. The van der Waals surface area contributed by atoms with Gasteiger partial charge in [0.15, 0.2) is 0 Å². The average molecular weight is 201 g/mol. The first-order valence-electron chi connectivity index (χ1n) is 0.524. The van der Waals surface area contributed by atoms with Gasteiger partial charge in [-0.2, -0.15) is 0 Å². The summed E-state index contributed by atoms with van der Waals surface area (Å²) in [6.45, 7) is 0. The van der Waals surface area contributed by atoms with E-state index in [-0.39, 0.29) is 33.8 Å². The molecule has 0 aliphatic heterocycles. The predicted molar refractivity (Wildman–Crippen MR) is 9.92 cm³/mol. The molecule has 0 aliphatic carbocycles. The summed E-state index contributed by atoms with van der Waals surface area (Å²) >= 11 is -0.0833. The van der Waals surface area contributed by atoms with Gasteiger partial charge in [0, 0.05) is 0 Å². The second-order valence-corrected chi connectivity index (χ2v) is 0. The fourth-order valence-corrected chi connectivity index (χ4v) is 0. The van der Waals surface area contributed by atoms with Crippen molar-refractivity contribution in [3.05, 3.63) is 0 Å². The van der Waals surface area contributed by atoms with Crippen molar-refractivity contribution >= 4 is 10.1 Å². The molecule has 0 radical (unpaired) electrons. The molecule has 0 rings (SSSR count). The van der Waals surface area contributed by atoms with Crippen LogP contribution in [-0.4, -0.2) is 10.1 Å². The van der Waals surface area contributed by atoms with Crippen LogP contribution in [0.2, 0.25) is 0 Å². The third-order valence-electron chi connectivity index (χ3n) is 0. The van der Waals surface area contributed by atoms with Crippen LogP contribution >= 0.6 is 0 Å². The van der Waals surface area contributed by atoms with Crippen molar-refractivity contribution in [3.63, 3.8) is 0 Å². The zero-order chi connectivity index (χ0) is 4.00.